The molecule has 1 heterocycles. The maximum Gasteiger partial charge on any atom is 0.353 e. The average Bonchev–Trinajstić information content (AvgIpc) is 2.71. The van der Waals surface area contributed by atoms with Crippen molar-refractivity contribution in [1.29, 1.82) is 0 Å². The normalized spacial score (nSPS) is 11.0. The summed E-state index contributed by atoms with van der Waals surface area (Å²) in [6.07, 6.45) is 0. The molecule has 0 saturated heterocycles. The van der Waals surface area contributed by atoms with Gasteiger partial charge in [-0.05, 0) is 45.4 Å². The van der Waals surface area contributed by atoms with Gasteiger partial charge in [0.1, 0.15) is 11.4 Å². The van der Waals surface area contributed by atoms with Gasteiger partial charge in [0.15, 0.2) is 0 Å². The van der Waals surface area contributed by atoms with Crippen LogP contribution in [0.1, 0.15) is 31.1 Å². The number of hydrogen-bond donors (Lipinski definition) is 0. The van der Waals surface area contributed by atoms with E-state index in [-0.39, 0.29) is 17.6 Å². The molecule has 0 unspecified atom stereocenters. The Bertz CT molecular complexity index is 695. The van der Waals surface area contributed by atoms with Crippen molar-refractivity contribution in [2.24, 2.45) is 0 Å². The highest BCUT2D eigenvalue weighted by atomic mass is 79.9. The fourth-order valence-corrected chi connectivity index (χ4v) is 2.30. The minimum absolute atomic E-state index is 0.0418. The fraction of sp³-hybridized carbons (Fsp3) is 0.357. The van der Waals surface area contributed by atoms with Gasteiger partial charge in [-0.25, -0.2) is 4.68 Å². The van der Waals surface area contributed by atoms with Gasteiger partial charge in [0.05, 0.1) is 11.0 Å². The molecular formula is C14H16BrN3O3. The minimum Gasteiger partial charge on any atom is -0.434 e. The van der Waals surface area contributed by atoms with E-state index in [0.29, 0.717) is 11.4 Å². The highest BCUT2D eigenvalue weighted by Crippen LogP contribution is 2.37. The van der Waals surface area contributed by atoms with Crippen molar-refractivity contribution in [1.82, 2.24) is 9.78 Å². The molecule has 0 spiro atoms. The van der Waals surface area contributed by atoms with Crippen LogP contribution in [0.15, 0.2) is 22.7 Å². The van der Waals surface area contributed by atoms with Crippen LogP contribution < -0.4 is 4.74 Å². The standard InChI is InChI=1S/C14H16BrN3O3/c1-8(2)17-14(13(18(19)20)10(4)16-17)21-12-7-11(15)6-5-9(12)3/h5-8H,1-4H3. The van der Waals surface area contributed by atoms with Crippen LogP contribution >= 0.6 is 15.9 Å². The summed E-state index contributed by atoms with van der Waals surface area (Å²) in [6, 6.07) is 5.52. The largest absolute Gasteiger partial charge is 0.434 e. The lowest BCUT2D eigenvalue weighted by atomic mass is 10.2. The van der Waals surface area contributed by atoms with Crippen molar-refractivity contribution < 1.29 is 9.66 Å². The topological polar surface area (TPSA) is 70.2 Å². The third kappa shape index (κ3) is 3.07. The van der Waals surface area contributed by atoms with Crippen molar-refractivity contribution in [2.75, 3.05) is 0 Å². The number of aryl methyl sites for hydroxylation is 2. The Morgan fingerprint density at radius 2 is 2.05 bits per heavy atom. The third-order valence-corrected chi connectivity index (χ3v) is 3.53. The summed E-state index contributed by atoms with van der Waals surface area (Å²) in [5.41, 5.74) is 1.14. The molecule has 0 aliphatic carbocycles. The van der Waals surface area contributed by atoms with Crippen LogP contribution in [0.25, 0.3) is 0 Å². The van der Waals surface area contributed by atoms with E-state index >= 15 is 0 Å². The van der Waals surface area contributed by atoms with Gasteiger partial charge < -0.3 is 4.74 Å². The lowest BCUT2D eigenvalue weighted by molar-refractivity contribution is -0.386. The molecule has 0 N–H and O–H groups in total. The summed E-state index contributed by atoms with van der Waals surface area (Å²) in [4.78, 5) is 10.8. The number of nitrogens with zero attached hydrogens (tertiary/aromatic N) is 3. The van der Waals surface area contributed by atoms with Crippen LogP contribution in [0.5, 0.6) is 11.6 Å². The lowest BCUT2D eigenvalue weighted by Crippen LogP contribution is -2.06. The summed E-state index contributed by atoms with van der Waals surface area (Å²) < 4.78 is 8.21. The van der Waals surface area contributed by atoms with Crippen LogP contribution in [-0.4, -0.2) is 14.7 Å². The van der Waals surface area contributed by atoms with Crippen molar-refractivity contribution in [2.45, 2.75) is 33.7 Å². The van der Waals surface area contributed by atoms with Crippen molar-refractivity contribution in [3.8, 4) is 11.6 Å². The van der Waals surface area contributed by atoms with Gasteiger partial charge in [0.2, 0.25) is 0 Å². The number of benzene rings is 1. The Labute approximate surface area is 131 Å². The van der Waals surface area contributed by atoms with Gasteiger partial charge in [-0.3, -0.25) is 10.1 Å². The van der Waals surface area contributed by atoms with Crippen LogP contribution in [0.2, 0.25) is 0 Å². The Balaban J connectivity index is 2.56. The van der Waals surface area contributed by atoms with Crippen LogP contribution in [0.3, 0.4) is 0 Å². The Hall–Kier alpha value is -1.89. The minimum atomic E-state index is -0.454. The number of hydrogen-bond acceptors (Lipinski definition) is 4. The van der Waals surface area contributed by atoms with E-state index in [1.165, 1.54) is 4.68 Å². The zero-order valence-electron chi connectivity index (χ0n) is 12.3. The molecule has 0 saturated carbocycles. The fourth-order valence-electron chi connectivity index (χ4n) is 1.96. The smallest absolute Gasteiger partial charge is 0.353 e. The Kier molecular flexibility index (Phi) is 4.32. The molecule has 1 aromatic carbocycles. The quantitative estimate of drug-likeness (QED) is 0.597. The second-order valence-corrected chi connectivity index (χ2v) is 5.96. The van der Waals surface area contributed by atoms with Gasteiger partial charge in [-0.15, -0.1) is 0 Å². The lowest BCUT2D eigenvalue weighted by Gasteiger charge is -2.12. The first kappa shape index (κ1) is 15.5. The van der Waals surface area contributed by atoms with Crippen LogP contribution in [0, 0.1) is 24.0 Å². The number of rotatable bonds is 4. The number of halogens is 1. The molecule has 0 aliphatic rings. The van der Waals surface area contributed by atoms with Gasteiger partial charge in [-0.2, -0.15) is 5.10 Å². The van der Waals surface area contributed by atoms with E-state index in [1.54, 1.807) is 13.0 Å². The van der Waals surface area contributed by atoms with E-state index in [1.807, 2.05) is 32.9 Å². The van der Waals surface area contributed by atoms with Gasteiger partial charge in [-0.1, -0.05) is 22.0 Å². The molecule has 0 aliphatic heterocycles. The maximum atomic E-state index is 11.3. The first-order valence-corrected chi connectivity index (χ1v) is 7.28. The Morgan fingerprint density at radius 1 is 1.38 bits per heavy atom. The number of ether oxygens (including phenoxy) is 1. The predicted octanol–water partition coefficient (Wildman–Crippen LogP) is 4.54. The van der Waals surface area contributed by atoms with Gasteiger partial charge in [0.25, 0.3) is 5.88 Å². The first-order valence-electron chi connectivity index (χ1n) is 6.48. The van der Waals surface area contributed by atoms with Gasteiger partial charge in [0, 0.05) is 4.47 Å². The zero-order valence-corrected chi connectivity index (χ0v) is 13.8. The molecule has 6 nitrogen and oxygen atoms in total. The molecule has 0 radical (unpaired) electrons. The monoisotopic (exact) mass is 353 g/mol. The van der Waals surface area contributed by atoms with E-state index in [2.05, 4.69) is 21.0 Å². The maximum absolute atomic E-state index is 11.3. The average molecular weight is 354 g/mol. The zero-order chi connectivity index (χ0) is 15.7. The first-order chi connectivity index (χ1) is 9.81. The molecule has 7 heteroatoms. The predicted molar refractivity (Wildman–Crippen MR) is 83.0 cm³/mol. The molecule has 2 aromatic rings. The highest BCUT2D eigenvalue weighted by molar-refractivity contribution is 9.10. The van der Waals surface area contributed by atoms with Gasteiger partial charge >= 0.3 is 5.69 Å². The highest BCUT2D eigenvalue weighted by Gasteiger charge is 2.29. The summed E-state index contributed by atoms with van der Waals surface area (Å²) in [5, 5.41) is 15.5. The van der Waals surface area contributed by atoms with Crippen LogP contribution in [0.4, 0.5) is 5.69 Å². The summed E-state index contributed by atoms with van der Waals surface area (Å²) in [7, 11) is 0. The van der Waals surface area contributed by atoms with E-state index in [4.69, 9.17) is 4.74 Å². The summed E-state index contributed by atoms with van der Waals surface area (Å²) >= 11 is 3.37. The molecule has 112 valence electrons. The third-order valence-electron chi connectivity index (χ3n) is 3.04. The molecule has 0 fully saturated rings. The molecule has 2 rings (SSSR count). The second kappa shape index (κ2) is 5.85. The summed E-state index contributed by atoms with van der Waals surface area (Å²) in [6.45, 7) is 7.29. The molecule has 21 heavy (non-hydrogen) atoms. The SMILES string of the molecule is Cc1ccc(Br)cc1Oc1c([N+](=O)[O-])c(C)nn1C(C)C. The second-order valence-electron chi connectivity index (χ2n) is 5.05. The van der Waals surface area contributed by atoms with E-state index < -0.39 is 4.92 Å². The number of aromatic nitrogens is 2. The summed E-state index contributed by atoms with van der Waals surface area (Å²) in [5.74, 6) is 0.725. The number of nitro groups is 1. The Morgan fingerprint density at radius 3 is 2.62 bits per heavy atom. The van der Waals surface area contributed by atoms with Crippen molar-refractivity contribution in [3.63, 3.8) is 0 Å². The van der Waals surface area contributed by atoms with Crippen molar-refractivity contribution >= 4 is 21.6 Å². The van der Waals surface area contributed by atoms with E-state index in [0.717, 1.165) is 10.0 Å². The molecule has 0 bridgehead atoms. The molecule has 0 amide bonds. The van der Waals surface area contributed by atoms with E-state index in [9.17, 15) is 10.1 Å². The molecule has 0 atom stereocenters. The van der Waals surface area contributed by atoms with Crippen molar-refractivity contribution in [3.05, 3.63) is 44.0 Å². The van der Waals surface area contributed by atoms with Crippen LogP contribution in [-0.2, 0) is 0 Å². The molecular weight excluding hydrogens is 338 g/mol. The molecule has 1 aromatic heterocycles.